The minimum absolute atomic E-state index is 0.0557. The molecule has 35 heavy (non-hydrogen) atoms. The Kier molecular flexibility index (Phi) is 9.47. The van der Waals surface area contributed by atoms with Gasteiger partial charge in [-0.2, -0.15) is 0 Å². The quantitative estimate of drug-likeness (QED) is 0.457. The van der Waals surface area contributed by atoms with E-state index in [-0.39, 0.29) is 29.1 Å². The smallest absolute Gasteiger partial charge is 0.243 e. The molecule has 5 heteroatoms. The van der Waals surface area contributed by atoms with Gasteiger partial charge in [0, 0.05) is 19.0 Å². The van der Waals surface area contributed by atoms with Crippen LogP contribution in [0.5, 0.6) is 0 Å². The number of aryl methyl sites for hydroxylation is 1. The van der Waals surface area contributed by atoms with Gasteiger partial charge in [0.05, 0.1) is 0 Å². The van der Waals surface area contributed by atoms with E-state index in [0.29, 0.717) is 25.8 Å². The first-order chi connectivity index (χ1) is 16.7. The van der Waals surface area contributed by atoms with E-state index < -0.39 is 6.04 Å². The van der Waals surface area contributed by atoms with Gasteiger partial charge in [0.2, 0.25) is 11.8 Å². The first-order valence-corrected chi connectivity index (χ1v) is 13.1. The average molecular weight is 481 g/mol. The lowest BCUT2D eigenvalue weighted by atomic mass is 9.86. The molecule has 0 unspecified atom stereocenters. The summed E-state index contributed by atoms with van der Waals surface area (Å²) in [5.74, 6) is -0.448. The summed E-state index contributed by atoms with van der Waals surface area (Å²) < 4.78 is 13.5. The van der Waals surface area contributed by atoms with Crippen molar-refractivity contribution in [2.24, 2.45) is 0 Å². The van der Waals surface area contributed by atoms with Crippen molar-refractivity contribution in [2.75, 3.05) is 0 Å². The molecule has 3 rings (SSSR count). The molecule has 190 valence electrons. The van der Waals surface area contributed by atoms with Gasteiger partial charge in [0.25, 0.3) is 0 Å². The van der Waals surface area contributed by atoms with Crippen LogP contribution >= 0.6 is 0 Å². The SMILES string of the molecule is CC[C@@H](C(=O)NC1CCCCC1)N(Cc1ccc(F)cc1)C(=O)CCc1ccc(C(C)(C)C)cc1. The van der Waals surface area contributed by atoms with Gasteiger partial charge in [-0.15, -0.1) is 0 Å². The van der Waals surface area contributed by atoms with Crippen molar-refractivity contribution in [3.8, 4) is 0 Å². The van der Waals surface area contributed by atoms with Crippen molar-refractivity contribution in [1.82, 2.24) is 10.2 Å². The molecule has 1 atom stereocenters. The van der Waals surface area contributed by atoms with Crippen LogP contribution in [0.3, 0.4) is 0 Å². The van der Waals surface area contributed by atoms with E-state index in [0.717, 1.165) is 36.8 Å². The van der Waals surface area contributed by atoms with Gasteiger partial charge in [-0.25, -0.2) is 4.39 Å². The molecule has 4 nitrogen and oxygen atoms in total. The van der Waals surface area contributed by atoms with E-state index in [1.807, 2.05) is 6.92 Å². The summed E-state index contributed by atoms with van der Waals surface area (Å²) >= 11 is 0. The maximum absolute atomic E-state index is 13.5. The van der Waals surface area contributed by atoms with Gasteiger partial charge in [-0.05, 0) is 59.9 Å². The molecular weight excluding hydrogens is 439 g/mol. The van der Waals surface area contributed by atoms with Gasteiger partial charge in [-0.1, -0.05) is 83.4 Å². The minimum atomic E-state index is -0.544. The van der Waals surface area contributed by atoms with Crippen molar-refractivity contribution in [2.45, 2.75) is 103 Å². The number of amides is 2. The van der Waals surface area contributed by atoms with Crippen molar-refractivity contribution in [3.63, 3.8) is 0 Å². The largest absolute Gasteiger partial charge is 0.352 e. The monoisotopic (exact) mass is 480 g/mol. The first-order valence-electron chi connectivity index (χ1n) is 13.1. The topological polar surface area (TPSA) is 49.4 Å². The van der Waals surface area contributed by atoms with E-state index >= 15 is 0 Å². The van der Waals surface area contributed by atoms with E-state index in [4.69, 9.17) is 0 Å². The molecule has 0 radical (unpaired) electrons. The second-order valence-electron chi connectivity index (χ2n) is 10.9. The molecule has 2 amide bonds. The Morgan fingerprint density at radius 3 is 2.14 bits per heavy atom. The number of nitrogens with zero attached hydrogens (tertiary/aromatic N) is 1. The fraction of sp³-hybridized carbons (Fsp3) is 0.533. The third-order valence-electron chi connectivity index (χ3n) is 7.05. The molecule has 0 saturated heterocycles. The van der Waals surface area contributed by atoms with Crippen LogP contribution in [-0.2, 0) is 28.0 Å². The van der Waals surface area contributed by atoms with Gasteiger partial charge in [0.15, 0.2) is 0 Å². The van der Waals surface area contributed by atoms with Gasteiger partial charge in [-0.3, -0.25) is 9.59 Å². The van der Waals surface area contributed by atoms with E-state index in [1.54, 1.807) is 17.0 Å². The molecular formula is C30H41FN2O2. The predicted molar refractivity (Wildman–Crippen MR) is 140 cm³/mol. The highest BCUT2D eigenvalue weighted by Crippen LogP contribution is 2.23. The second kappa shape index (κ2) is 12.3. The summed E-state index contributed by atoms with van der Waals surface area (Å²) in [5.41, 5.74) is 3.27. The Hall–Kier alpha value is -2.69. The lowest BCUT2D eigenvalue weighted by Crippen LogP contribution is -2.51. The molecule has 1 fully saturated rings. The molecule has 0 aliphatic heterocycles. The van der Waals surface area contributed by atoms with Crippen molar-refractivity contribution < 1.29 is 14.0 Å². The van der Waals surface area contributed by atoms with Crippen molar-refractivity contribution in [1.29, 1.82) is 0 Å². The van der Waals surface area contributed by atoms with Crippen LogP contribution in [0.1, 0.15) is 89.3 Å². The molecule has 1 saturated carbocycles. The summed E-state index contributed by atoms with van der Waals surface area (Å²) in [6.45, 7) is 8.78. The summed E-state index contributed by atoms with van der Waals surface area (Å²) in [6.07, 6.45) is 6.95. The molecule has 0 aromatic heterocycles. The molecule has 1 N–H and O–H groups in total. The average Bonchev–Trinajstić information content (AvgIpc) is 2.84. The minimum Gasteiger partial charge on any atom is -0.352 e. The Morgan fingerprint density at radius 1 is 0.971 bits per heavy atom. The fourth-order valence-electron chi connectivity index (χ4n) is 4.82. The standard InChI is InChI=1S/C30H41FN2O2/c1-5-27(29(35)32-26-9-7-6-8-10-26)33(21-23-13-18-25(31)19-14-23)28(34)20-15-22-11-16-24(17-12-22)30(2,3)4/h11-14,16-19,26-27H,5-10,15,20-21H2,1-4H3,(H,32,35)/t27-/m0/s1. The van der Waals surface area contributed by atoms with E-state index in [1.165, 1.54) is 24.1 Å². The normalized spacial score (nSPS) is 15.5. The molecule has 0 heterocycles. The Bertz CT molecular complexity index is 957. The van der Waals surface area contributed by atoms with Crippen LogP contribution in [0.25, 0.3) is 0 Å². The Labute approximate surface area is 210 Å². The number of carbonyl (C=O) groups is 2. The van der Waals surface area contributed by atoms with Crippen LogP contribution in [0, 0.1) is 5.82 Å². The number of carbonyl (C=O) groups excluding carboxylic acids is 2. The van der Waals surface area contributed by atoms with Gasteiger partial charge >= 0.3 is 0 Å². The highest BCUT2D eigenvalue weighted by molar-refractivity contribution is 5.88. The summed E-state index contributed by atoms with van der Waals surface area (Å²) in [6, 6.07) is 14.3. The van der Waals surface area contributed by atoms with Gasteiger partial charge < -0.3 is 10.2 Å². The summed E-state index contributed by atoms with van der Waals surface area (Å²) in [7, 11) is 0. The van der Waals surface area contributed by atoms with Crippen LogP contribution in [-0.4, -0.2) is 28.8 Å². The van der Waals surface area contributed by atoms with Crippen LogP contribution < -0.4 is 5.32 Å². The first kappa shape index (κ1) is 26.9. The molecule has 2 aromatic rings. The number of hydrogen-bond donors (Lipinski definition) is 1. The highest BCUT2D eigenvalue weighted by atomic mass is 19.1. The van der Waals surface area contributed by atoms with Gasteiger partial charge in [0.1, 0.15) is 11.9 Å². The third kappa shape index (κ3) is 7.91. The lowest BCUT2D eigenvalue weighted by molar-refractivity contribution is -0.141. The molecule has 0 spiro atoms. The number of halogens is 1. The number of hydrogen-bond acceptors (Lipinski definition) is 2. The van der Waals surface area contributed by atoms with E-state index in [2.05, 4.69) is 50.4 Å². The predicted octanol–water partition coefficient (Wildman–Crippen LogP) is 6.31. The maximum Gasteiger partial charge on any atom is 0.243 e. The van der Waals surface area contributed by atoms with Crippen LogP contribution in [0.4, 0.5) is 4.39 Å². The summed E-state index contributed by atoms with van der Waals surface area (Å²) in [5, 5.41) is 3.20. The Balaban J connectivity index is 1.73. The fourth-order valence-corrected chi connectivity index (χ4v) is 4.82. The number of rotatable bonds is 9. The molecule has 1 aliphatic rings. The highest BCUT2D eigenvalue weighted by Gasteiger charge is 2.30. The van der Waals surface area contributed by atoms with Crippen molar-refractivity contribution in [3.05, 3.63) is 71.0 Å². The van der Waals surface area contributed by atoms with Crippen molar-refractivity contribution >= 4 is 11.8 Å². The molecule has 2 aromatic carbocycles. The summed E-state index contributed by atoms with van der Waals surface area (Å²) in [4.78, 5) is 28.4. The third-order valence-corrected chi connectivity index (χ3v) is 7.05. The number of nitrogens with one attached hydrogen (secondary N) is 1. The van der Waals surface area contributed by atoms with E-state index in [9.17, 15) is 14.0 Å². The van der Waals surface area contributed by atoms with Crippen LogP contribution in [0.15, 0.2) is 48.5 Å². The van der Waals surface area contributed by atoms with Crippen LogP contribution in [0.2, 0.25) is 0 Å². The zero-order valence-corrected chi connectivity index (χ0v) is 21.8. The zero-order valence-electron chi connectivity index (χ0n) is 21.8. The number of benzene rings is 2. The molecule has 0 bridgehead atoms. The second-order valence-corrected chi connectivity index (χ2v) is 10.9. The molecule has 1 aliphatic carbocycles. The Morgan fingerprint density at radius 2 is 1.57 bits per heavy atom. The maximum atomic E-state index is 13.5. The lowest BCUT2D eigenvalue weighted by Gasteiger charge is -2.33. The zero-order chi connectivity index (χ0) is 25.4.